The van der Waals surface area contributed by atoms with Crippen LogP contribution in [0.2, 0.25) is 0 Å². The fraction of sp³-hybridized carbons (Fsp3) is 1.00. The van der Waals surface area contributed by atoms with Crippen LogP contribution in [0.15, 0.2) is 0 Å². The van der Waals surface area contributed by atoms with Crippen LogP contribution in [0.4, 0.5) is 0 Å². The van der Waals surface area contributed by atoms with E-state index in [1.165, 1.54) is 19.3 Å². The van der Waals surface area contributed by atoms with Gasteiger partial charge < -0.3 is 14.9 Å². The average Bonchev–Trinajstić information content (AvgIpc) is 2.17. The number of aliphatic hydroxyl groups is 2. The second kappa shape index (κ2) is 4.94. The van der Waals surface area contributed by atoms with Crippen LogP contribution in [-0.2, 0) is 4.74 Å². The first-order chi connectivity index (χ1) is 6.14. The lowest BCUT2D eigenvalue weighted by atomic mass is 9.97. The highest BCUT2D eigenvalue weighted by Gasteiger charge is 2.22. The Hall–Kier alpha value is -0.120. The van der Waals surface area contributed by atoms with Crippen molar-refractivity contribution in [3.8, 4) is 0 Å². The molecule has 0 spiro atoms. The van der Waals surface area contributed by atoms with E-state index < -0.39 is 5.60 Å². The standard InChI is InChI=1S/C10H20O3/c1-10(12,7-11)8-13-9-5-3-2-4-6-9/h9,11-12H,2-8H2,1H3. The Kier molecular flexibility index (Phi) is 4.16. The third-order valence-electron chi connectivity index (χ3n) is 2.52. The molecular weight excluding hydrogens is 168 g/mol. The average molecular weight is 188 g/mol. The molecule has 1 unspecified atom stereocenters. The fourth-order valence-corrected chi connectivity index (χ4v) is 1.57. The molecule has 3 nitrogen and oxygen atoms in total. The molecule has 1 aliphatic rings. The maximum absolute atomic E-state index is 9.48. The van der Waals surface area contributed by atoms with Crippen molar-refractivity contribution in [1.29, 1.82) is 0 Å². The van der Waals surface area contributed by atoms with E-state index in [0.29, 0.717) is 6.10 Å². The van der Waals surface area contributed by atoms with Crippen molar-refractivity contribution in [1.82, 2.24) is 0 Å². The van der Waals surface area contributed by atoms with Crippen LogP contribution < -0.4 is 0 Å². The molecule has 0 saturated heterocycles. The third-order valence-corrected chi connectivity index (χ3v) is 2.52. The maximum atomic E-state index is 9.48. The van der Waals surface area contributed by atoms with Crippen LogP contribution in [0.25, 0.3) is 0 Å². The van der Waals surface area contributed by atoms with Crippen LogP contribution in [0.5, 0.6) is 0 Å². The highest BCUT2D eigenvalue weighted by Crippen LogP contribution is 2.21. The van der Waals surface area contributed by atoms with Crippen LogP contribution in [0, 0.1) is 0 Å². The summed E-state index contributed by atoms with van der Waals surface area (Å²) in [6.45, 7) is 1.60. The van der Waals surface area contributed by atoms with Gasteiger partial charge in [0.15, 0.2) is 0 Å². The molecule has 0 aromatic heterocycles. The Labute approximate surface area is 79.7 Å². The minimum Gasteiger partial charge on any atom is -0.393 e. The molecule has 3 heteroatoms. The Bertz CT molecular complexity index is 139. The zero-order chi connectivity index (χ0) is 9.73. The van der Waals surface area contributed by atoms with Gasteiger partial charge in [0.2, 0.25) is 0 Å². The van der Waals surface area contributed by atoms with Crippen LogP contribution >= 0.6 is 0 Å². The first-order valence-electron chi connectivity index (χ1n) is 5.09. The van der Waals surface area contributed by atoms with Crippen LogP contribution in [0.1, 0.15) is 39.0 Å². The van der Waals surface area contributed by atoms with E-state index in [0.717, 1.165) is 12.8 Å². The molecule has 1 saturated carbocycles. The SMILES string of the molecule is CC(O)(CO)COC1CCCCC1. The minimum atomic E-state index is -1.07. The molecule has 0 radical (unpaired) electrons. The minimum absolute atomic E-state index is 0.236. The van der Waals surface area contributed by atoms with Gasteiger partial charge in [-0.15, -0.1) is 0 Å². The quantitative estimate of drug-likeness (QED) is 0.694. The summed E-state index contributed by atoms with van der Waals surface area (Å²) >= 11 is 0. The highest BCUT2D eigenvalue weighted by molar-refractivity contribution is 4.72. The van der Waals surface area contributed by atoms with E-state index in [1.807, 2.05) is 0 Å². The summed E-state index contributed by atoms with van der Waals surface area (Å²) in [5.74, 6) is 0. The van der Waals surface area contributed by atoms with Gasteiger partial charge >= 0.3 is 0 Å². The molecule has 78 valence electrons. The van der Waals surface area contributed by atoms with Gasteiger partial charge in [-0.1, -0.05) is 19.3 Å². The highest BCUT2D eigenvalue weighted by atomic mass is 16.5. The first kappa shape index (κ1) is 11.0. The summed E-state index contributed by atoms with van der Waals surface area (Å²) in [6.07, 6.45) is 6.25. The molecule has 2 N–H and O–H groups in total. The van der Waals surface area contributed by atoms with Gasteiger partial charge in [0.05, 0.1) is 19.3 Å². The van der Waals surface area contributed by atoms with Gasteiger partial charge in [0, 0.05) is 0 Å². The van der Waals surface area contributed by atoms with Gasteiger partial charge in [0.1, 0.15) is 5.60 Å². The van der Waals surface area contributed by atoms with Crippen LogP contribution in [-0.4, -0.2) is 35.1 Å². The number of hydrogen-bond acceptors (Lipinski definition) is 3. The lowest BCUT2D eigenvalue weighted by molar-refractivity contribution is -0.0931. The van der Waals surface area contributed by atoms with Crippen molar-refractivity contribution in [2.24, 2.45) is 0 Å². The summed E-state index contributed by atoms with van der Waals surface area (Å²) in [4.78, 5) is 0. The Morgan fingerprint density at radius 1 is 1.31 bits per heavy atom. The smallest absolute Gasteiger partial charge is 0.108 e. The number of rotatable bonds is 4. The monoisotopic (exact) mass is 188 g/mol. The van der Waals surface area contributed by atoms with Crippen molar-refractivity contribution >= 4 is 0 Å². The summed E-state index contributed by atoms with van der Waals surface area (Å²) in [7, 11) is 0. The van der Waals surface area contributed by atoms with E-state index in [2.05, 4.69) is 0 Å². The predicted octanol–water partition coefficient (Wildman–Crippen LogP) is 1.08. The molecule has 0 amide bonds. The molecule has 0 bridgehead atoms. The zero-order valence-corrected chi connectivity index (χ0v) is 8.33. The van der Waals surface area contributed by atoms with E-state index in [-0.39, 0.29) is 13.2 Å². The Morgan fingerprint density at radius 3 is 2.46 bits per heavy atom. The lowest BCUT2D eigenvalue weighted by Crippen LogP contribution is -2.37. The van der Waals surface area contributed by atoms with E-state index >= 15 is 0 Å². The molecule has 1 aliphatic carbocycles. The van der Waals surface area contributed by atoms with Gasteiger partial charge in [-0.2, -0.15) is 0 Å². The van der Waals surface area contributed by atoms with Crippen LogP contribution in [0.3, 0.4) is 0 Å². The molecule has 0 aromatic carbocycles. The topological polar surface area (TPSA) is 49.7 Å². The number of aliphatic hydroxyl groups excluding tert-OH is 1. The predicted molar refractivity (Wildman–Crippen MR) is 50.5 cm³/mol. The maximum Gasteiger partial charge on any atom is 0.108 e. The third kappa shape index (κ3) is 4.07. The summed E-state index contributed by atoms with van der Waals surface area (Å²) in [5, 5.41) is 18.3. The van der Waals surface area contributed by atoms with Crippen molar-refractivity contribution in [2.45, 2.75) is 50.7 Å². The number of ether oxygens (including phenoxy) is 1. The molecular formula is C10H20O3. The first-order valence-corrected chi connectivity index (χ1v) is 5.09. The number of hydrogen-bond donors (Lipinski definition) is 2. The van der Waals surface area contributed by atoms with E-state index in [1.54, 1.807) is 6.92 Å². The Morgan fingerprint density at radius 2 is 1.92 bits per heavy atom. The lowest BCUT2D eigenvalue weighted by Gasteiger charge is -2.27. The second-order valence-corrected chi connectivity index (χ2v) is 4.23. The van der Waals surface area contributed by atoms with E-state index in [9.17, 15) is 5.11 Å². The largest absolute Gasteiger partial charge is 0.393 e. The second-order valence-electron chi connectivity index (χ2n) is 4.23. The van der Waals surface area contributed by atoms with Gasteiger partial charge in [-0.05, 0) is 19.8 Å². The van der Waals surface area contributed by atoms with Gasteiger partial charge in [-0.3, -0.25) is 0 Å². The van der Waals surface area contributed by atoms with Crippen molar-refractivity contribution in [3.05, 3.63) is 0 Å². The fourth-order valence-electron chi connectivity index (χ4n) is 1.57. The van der Waals surface area contributed by atoms with Crippen molar-refractivity contribution < 1.29 is 14.9 Å². The van der Waals surface area contributed by atoms with E-state index in [4.69, 9.17) is 9.84 Å². The summed E-state index contributed by atoms with van der Waals surface area (Å²) in [5.41, 5.74) is -1.07. The van der Waals surface area contributed by atoms with Gasteiger partial charge in [0.25, 0.3) is 0 Å². The zero-order valence-electron chi connectivity index (χ0n) is 8.33. The summed E-state index contributed by atoms with van der Waals surface area (Å²) < 4.78 is 5.53. The normalized spacial score (nSPS) is 24.2. The molecule has 1 fully saturated rings. The summed E-state index contributed by atoms with van der Waals surface area (Å²) in [6, 6.07) is 0. The molecule has 0 heterocycles. The Balaban J connectivity index is 2.17. The molecule has 0 aliphatic heterocycles. The molecule has 13 heavy (non-hydrogen) atoms. The molecule has 0 aromatic rings. The van der Waals surface area contributed by atoms with Crippen molar-refractivity contribution in [2.75, 3.05) is 13.2 Å². The van der Waals surface area contributed by atoms with Gasteiger partial charge in [-0.25, -0.2) is 0 Å². The molecule has 1 atom stereocenters. The van der Waals surface area contributed by atoms with Crippen molar-refractivity contribution in [3.63, 3.8) is 0 Å². The molecule has 1 rings (SSSR count).